The lowest BCUT2D eigenvalue weighted by atomic mass is 9.65. The second kappa shape index (κ2) is 2.61. The maximum absolute atomic E-state index is 10.8. The second-order valence-corrected chi connectivity index (χ2v) is 4.81. The molecule has 1 fully saturated rings. The Kier molecular flexibility index (Phi) is 2.07. The largest absolute Gasteiger partial charge is 0.465 e. The van der Waals surface area contributed by atoms with Gasteiger partial charge in [0, 0.05) is 0 Å². The van der Waals surface area contributed by atoms with Crippen LogP contribution in [0.15, 0.2) is 0 Å². The summed E-state index contributed by atoms with van der Waals surface area (Å²) in [5.41, 5.74) is -0.901. The summed E-state index contributed by atoms with van der Waals surface area (Å²) < 4.78 is 0. The summed E-state index contributed by atoms with van der Waals surface area (Å²) in [4.78, 5) is 12.1. The molecule has 0 aromatic heterocycles. The second-order valence-electron chi connectivity index (χ2n) is 4.81. The van der Waals surface area contributed by atoms with Crippen LogP contribution in [-0.2, 0) is 0 Å². The summed E-state index contributed by atoms with van der Waals surface area (Å²) in [5, 5.41) is 18.5. The van der Waals surface area contributed by atoms with E-state index in [2.05, 4.69) is 0 Å². The van der Waals surface area contributed by atoms with E-state index in [-0.39, 0.29) is 12.0 Å². The Bertz CT molecular complexity index is 234. The van der Waals surface area contributed by atoms with Gasteiger partial charge in [0.1, 0.15) is 0 Å². The van der Waals surface area contributed by atoms with Crippen molar-refractivity contribution < 1.29 is 15.0 Å². The first-order valence-corrected chi connectivity index (χ1v) is 4.40. The van der Waals surface area contributed by atoms with Crippen LogP contribution in [0.2, 0.25) is 0 Å². The molecule has 4 nitrogen and oxygen atoms in total. The average molecular weight is 187 g/mol. The van der Waals surface area contributed by atoms with Crippen molar-refractivity contribution in [1.29, 1.82) is 0 Å². The molecule has 2 atom stereocenters. The van der Waals surface area contributed by atoms with E-state index in [1.807, 2.05) is 20.8 Å². The number of hydrogen-bond donors (Lipinski definition) is 2. The first-order chi connectivity index (χ1) is 5.71. The standard InChI is InChI=1S/C9H17NO3/c1-8(2,3)9(4)6(11)5-10(9)7(12)13/h6,11H,5H2,1-4H3,(H,12,13). The van der Waals surface area contributed by atoms with E-state index < -0.39 is 17.7 Å². The minimum absolute atomic E-state index is 0.225. The molecule has 4 heteroatoms. The number of nitrogens with zero attached hydrogens (tertiary/aromatic N) is 1. The van der Waals surface area contributed by atoms with E-state index in [9.17, 15) is 9.90 Å². The molecule has 2 unspecified atom stereocenters. The fourth-order valence-corrected chi connectivity index (χ4v) is 1.79. The van der Waals surface area contributed by atoms with Crippen LogP contribution < -0.4 is 0 Å². The summed E-state index contributed by atoms with van der Waals surface area (Å²) in [6, 6.07) is 0. The van der Waals surface area contributed by atoms with Crippen LogP contribution >= 0.6 is 0 Å². The fraction of sp³-hybridized carbons (Fsp3) is 0.889. The van der Waals surface area contributed by atoms with E-state index >= 15 is 0 Å². The van der Waals surface area contributed by atoms with Gasteiger partial charge in [0.25, 0.3) is 0 Å². The van der Waals surface area contributed by atoms with E-state index in [1.165, 1.54) is 4.90 Å². The molecule has 0 aliphatic carbocycles. The highest BCUT2D eigenvalue weighted by molar-refractivity contribution is 5.68. The van der Waals surface area contributed by atoms with Crippen LogP contribution in [0.4, 0.5) is 4.79 Å². The van der Waals surface area contributed by atoms with Crippen molar-refractivity contribution in [2.24, 2.45) is 5.41 Å². The molecule has 13 heavy (non-hydrogen) atoms. The van der Waals surface area contributed by atoms with Gasteiger partial charge >= 0.3 is 6.09 Å². The highest BCUT2D eigenvalue weighted by atomic mass is 16.4. The van der Waals surface area contributed by atoms with Gasteiger partial charge in [-0.15, -0.1) is 0 Å². The molecule has 0 bridgehead atoms. The predicted molar refractivity (Wildman–Crippen MR) is 48.6 cm³/mol. The Balaban J connectivity index is 2.93. The lowest BCUT2D eigenvalue weighted by Gasteiger charge is -2.59. The minimum atomic E-state index is -0.956. The predicted octanol–water partition coefficient (Wildman–Crippen LogP) is 1.15. The highest BCUT2D eigenvalue weighted by Gasteiger charge is 2.58. The zero-order valence-electron chi connectivity index (χ0n) is 8.53. The minimum Gasteiger partial charge on any atom is -0.465 e. The molecule has 0 aromatic carbocycles. The van der Waals surface area contributed by atoms with Gasteiger partial charge in [0.2, 0.25) is 0 Å². The van der Waals surface area contributed by atoms with Crippen molar-refractivity contribution in [3.63, 3.8) is 0 Å². The van der Waals surface area contributed by atoms with Crippen molar-refractivity contribution in [3.8, 4) is 0 Å². The van der Waals surface area contributed by atoms with Crippen LogP contribution in [0.1, 0.15) is 27.7 Å². The Morgan fingerprint density at radius 2 is 2.00 bits per heavy atom. The van der Waals surface area contributed by atoms with Gasteiger partial charge in [-0.1, -0.05) is 20.8 Å². The van der Waals surface area contributed by atoms with E-state index in [0.29, 0.717) is 0 Å². The molecule has 1 amide bonds. The number of aliphatic hydroxyl groups is 1. The third-order valence-electron chi connectivity index (χ3n) is 3.31. The number of amides is 1. The van der Waals surface area contributed by atoms with Crippen molar-refractivity contribution in [2.75, 3.05) is 6.54 Å². The summed E-state index contributed by atoms with van der Waals surface area (Å²) >= 11 is 0. The average Bonchev–Trinajstić information content (AvgIpc) is 1.95. The van der Waals surface area contributed by atoms with Crippen LogP contribution in [-0.4, -0.2) is 39.4 Å². The Hall–Kier alpha value is -0.770. The van der Waals surface area contributed by atoms with Crippen LogP contribution in [0, 0.1) is 5.41 Å². The SMILES string of the molecule is CC(C)(C)C1(C)C(O)CN1C(=O)O. The first-order valence-electron chi connectivity index (χ1n) is 4.40. The van der Waals surface area contributed by atoms with Crippen LogP contribution in [0.5, 0.6) is 0 Å². The lowest BCUT2D eigenvalue weighted by molar-refractivity contribution is -0.159. The van der Waals surface area contributed by atoms with Gasteiger partial charge in [-0.3, -0.25) is 4.90 Å². The molecular formula is C9H17NO3. The van der Waals surface area contributed by atoms with Gasteiger partial charge in [0.05, 0.1) is 18.2 Å². The van der Waals surface area contributed by atoms with Crippen molar-refractivity contribution >= 4 is 6.09 Å². The molecule has 1 saturated heterocycles. The van der Waals surface area contributed by atoms with E-state index in [1.54, 1.807) is 6.92 Å². The molecule has 76 valence electrons. The number of carbonyl (C=O) groups is 1. The number of hydrogen-bond acceptors (Lipinski definition) is 2. The summed E-state index contributed by atoms with van der Waals surface area (Å²) in [5.74, 6) is 0. The number of rotatable bonds is 0. The zero-order chi connectivity index (χ0) is 10.4. The molecule has 1 heterocycles. The molecule has 0 saturated carbocycles. The van der Waals surface area contributed by atoms with E-state index in [4.69, 9.17) is 5.11 Å². The van der Waals surface area contributed by atoms with Gasteiger partial charge in [-0.05, 0) is 12.3 Å². The molecular weight excluding hydrogens is 170 g/mol. The maximum atomic E-state index is 10.8. The lowest BCUT2D eigenvalue weighted by Crippen LogP contribution is -2.75. The topological polar surface area (TPSA) is 60.8 Å². The van der Waals surface area contributed by atoms with Gasteiger partial charge in [-0.2, -0.15) is 0 Å². The molecule has 1 aliphatic rings. The maximum Gasteiger partial charge on any atom is 0.407 e. The fourth-order valence-electron chi connectivity index (χ4n) is 1.79. The molecule has 1 rings (SSSR count). The quantitative estimate of drug-likeness (QED) is 0.598. The number of likely N-dealkylation sites (tertiary alicyclic amines) is 1. The molecule has 2 N–H and O–H groups in total. The summed E-state index contributed by atoms with van der Waals surface area (Å²) in [7, 11) is 0. The van der Waals surface area contributed by atoms with Crippen LogP contribution in [0.3, 0.4) is 0 Å². The van der Waals surface area contributed by atoms with Crippen molar-refractivity contribution in [2.45, 2.75) is 39.3 Å². The number of β-amino-alcohol motifs (C(OH)–C–C–N with tert-alkyl or cyclic N) is 1. The zero-order valence-corrected chi connectivity index (χ0v) is 8.53. The third-order valence-corrected chi connectivity index (χ3v) is 3.31. The van der Waals surface area contributed by atoms with Crippen molar-refractivity contribution in [3.05, 3.63) is 0 Å². The first kappa shape index (κ1) is 10.3. The van der Waals surface area contributed by atoms with Gasteiger partial charge in [-0.25, -0.2) is 4.79 Å². The Morgan fingerprint density at radius 3 is 2.15 bits per heavy atom. The molecule has 0 radical (unpaired) electrons. The molecule has 0 aromatic rings. The monoisotopic (exact) mass is 187 g/mol. The Morgan fingerprint density at radius 1 is 1.54 bits per heavy atom. The summed E-state index contributed by atoms with van der Waals surface area (Å²) in [6.45, 7) is 7.82. The van der Waals surface area contributed by atoms with Gasteiger partial charge < -0.3 is 10.2 Å². The van der Waals surface area contributed by atoms with Crippen LogP contribution in [0.25, 0.3) is 0 Å². The highest BCUT2D eigenvalue weighted by Crippen LogP contribution is 2.44. The third kappa shape index (κ3) is 1.20. The number of aliphatic hydroxyl groups excluding tert-OH is 1. The molecule has 1 aliphatic heterocycles. The van der Waals surface area contributed by atoms with Gasteiger partial charge in [0.15, 0.2) is 0 Å². The number of carboxylic acid groups (broad SMARTS) is 1. The normalized spacial score (nSPS) is 34.2. The van der Waals surface area contributed by atoms with E-state index in [0.717, 1.165) is 0 Å². The molecule has 0 spiro atoms. The summed E-state index contributed by atoms with van der Waals surface area (Å²) in [6.07, 6.45) is -1.51. The smallest absolute Gasteiger partial charge is 0.407 e. The van der Waals surface area contributed by atoms with Crippen molar-refractivity contribution in [1.82, 2.24) is 4.90 Å². The Labute approximate surface area is 78.2 Å².